The van der Waals surface area contributed by atoms with Crippen LogP contribution in [0.15, 0.2) is 0 Å². The fraction of sp³-hybridized carbons (Fsp3) is 1.00. The first-order chi connectivity index (χ1) is 2.89. The van der Waals surface area contributed by atoms with E-state index in [2.05, 4.69) is 5.43 Å². The molecule has 0 aromatic heterocycles. The van der Waals surface area contributed by atoms with Gasteiger partial charge in [-0.05, 0) is 0 Å². The molecular formula is C2H5N2OS-. The van der Waals surface area contributed by atoms with Gasteiger partial charge < -0.3 is 5.21 Å². The van der Waals surface area contributed by atoms with E-state index >= 15 is 0 Å². The summed E-state index contributed by atoms with van der Waals surface area (Å²) in [6.45, 7) is 0.814. The zero-order valence-corrected chi connectivity index (χ0v) is 3.99. The van der Waals surface area contributed by atoms with E-state index in [0.29, 0.717) is 0 Å². The first-order valence-corrected chi connectivity index (χ1v) is 2.67. The zero-order valence-electron chi connectivity index (χ0n) is 3.18. The lowest BCUT2D eigenvalue weighted by molar-refractivity contribution is 0.502. The highest BCUT2D eigenvalue weighted by Gasteiger charge is 1.97. The van der Waals surface area contributed by atoms with Crippen LogP contribution >= 0.6 is 11.9 Å². The molecule has 0 unspecified atom stereocenters. The van der Waals surface area contributed by atoms with Crippen molar-refractivity contribution in [2.75, 3.05) is 12.3 Å². The summed E-state index contributed by atoms with van der Waals surface area (Å²) in [5.41, 5.74) is 2.56. The van der Waals surface area contributed by atoms with Gasteiger partial charge in [0, 0.05) is 12.3 Å². The highest BCUT2D eigenvalue weighted by atomic mass is 32.2. The molecule has 1 rings (SSSR count). The van der Waals surface area contributed by atoms with Crippen LogP contribution in [0.3, 0.4) is 0 Å². The van der Waals surface area contributed by atoms with Gasteiger partial charge in [-0.15, -0.1) is 0 Å². The molecule has 0 spiro atoms. The monoisotopic (exact) mass is 105 g/mol. The Bertz CT molecular complexity index is 44.8. The summed E-state index contributed by atoms with van der Waals surface area (Å²) in [5, 5.41) is 10.0. The molecule has 1 heterocycles. The molecule has 36 valence electrons. The largest absolute Gasteiger partial charge is 0.762 e. The lowest BCUT2D eigenvalue weighted by Gasteiger charge is -2.16. The third-order valence-electron chi connectivity index (χ3n) is 0.552. The molecule has 0 saturated carbocycles. The van der Waals surface area contributed by atoms with E-state index in [1.54, 1.807) is 0 Å². The van der Waals surface area contributed by atoms with Crippen molar-refractivity contribution in [3.8, 4) is 0 Å². The van der Waals surface area contributed by atoms with E-state index in [1.807, 2.05) is 0 Å². The van der Waals surface area contributed by atoms with Gasteiger partial charge in [-0.2, -0.15) is 0 Å². The van der Waals surface area contributed by atoms with Crippen molar-refractivity contribution in [3.63, 3.8) is 0 Å². The van der Waals surface area contributed by atoms with E-state index in [4.69, 9.17) is 0 Å². The second kappa shape index (κ2) is 1.79. The summed E-state index contributed by atoms with van der Waals surface area (Å²) in [4.78, 5) is 0. The first-order valence-electron chi connectivity index (χ1n) is 1.73. The number of nitrogens with one attached hydrogen (secondary N) is 1. The summed E-state index contributed by atoms with van der Waals surface area (Å²) >= 11 is 1.26. The predicted octanol–water partition coefficient (Wildman–Crippen LogP) is -0.0474. The third-order valence-corrected chi connectivity index (χ3v) is 1.30. The fourth-order valence-corrected chi connectivity index (χ4v) is 0.842. The minimum Gasteiger partial charge on any atom is -0.762 e. The second-order valence-corrected chi connectivity index (χ2v) is 2.00. The average molecular weight is 105 g/mol. The molecule has 1 aliphatic heterocycles. The molecule has 0 bridgehead atoms. The Kier molecular flexibility index (Phi) is 1.31. The highest BCUT2D eigenvalue weighted by molar-refractivity contribution is 7.97. The minimum absolute atomic E-state index is 0.778. The van der Waals surface area contributed by atoms with Gasteiger partial charge in [0.25, 0.3) is 0 Å². The second-order valence-electron chi connectivity index (χ2n) is 0.998. The summed E-state index contributed by atoms with van der Waals surface area (Å²) in [7, 11) is 0. The van der Waals surface area contributed by atoms with E-state index in [0.717, 1.165) is 16.9 Å². The molecule has 0 aromatic rings. The van der Waals surface area contributed by atoms with E-state index in [9.17, 15) is 5.21 Å². The van der Waals surface area contributed by atoms with Crippen LogP contribution in [-0.2, 0) is 0 Å². The van der Waals surface area contributed by atoms with Crippen molar-refractivity contribution < 1.29 is 0 Å². The molecule has 0 aromatic carbocycles. The predicted molar refractivity (Wildman–Crippen MR) is 25.7 cm³/mol. The number of hydrazine groups is 1. The van der Waals surface area contributed by atoms with E-state index in [-0.39, 0.29) is 0 Å². The molecule has 1 fully saturated rings. The van der Waals surface area contributed by atoms with Crippen LogP contribution in [0, 0.1) is 5.21 Å². The molecule has 1 aliphatic rings. The topological polar surface area (TPSA) is 38.3 Å². The van der Waals surface area contributed by atoms with Crippen LogP contribution in [0.1, 0.15) is 0 Å². The Morgan fingerprint density at radius 1 is 1.83 bits per heavy atom. The Morgan fingerprint density at radius 3 is 2.83 bits per heavy atom. The van der Waals surface area contributed by atoms with Crippen molar-refractivity contribution in [1.29, 1.82) is 0 Å². The highest BCUT2D eigenvalue weighted by Crippen LogP contribution is 2.07. The van der Waals surface area contributed by atoms with Gasteiger partial charge >= 0.3 is 0 Å². The number of nitrogens with zero attached hydrogens (tertiary/aromatic N) is 1. The maximum absolute atomic E-state index is 10.0. The summed E-state index contributed by atoms with van der Waals surface area (Å²) < 4.78 is 0.778. The van der Waals surface area contributed by atoms with Crippen molar-refractivity contribution in [1.82, 2.24) is 10.0 Å². The molecular weight excluding hydrogens is 100 g/mol. The maximum Gasteiger partial charge on any atom is 0.0223 e. The standard InChI is InChI=1S/C2H5N2OS/c5-4-3-1-2-6-4/h3H,1-2H2/q-1. The normalized spacial score (nSPS) is 25.5. The minimum atomic E-state index is 0.778. The van der Waals surface area contributed by atoms with Crippen molar-refractivity contribution in [3.05, 3.63) is 5.21 Å². The van der Waals surface area contributed by atoms with Gasteiger partial charge in [0.1, 0.15) is 0 Å². The molecule has 6 heavy (non-hydrogen) atoms. The lowest BCUT2D eigenvalue weighted by atomic mass is 10.8. The fourth-order valence-electron chi connectivity index (χ4n) is 0.311. The molecule has 4 heteroatoms. The zero-order chi connectivity index (χ0) is 4.41. The smallest absolute Gasteiger partial charge is 0.0223 e. The molecule has 0 amide bonds. The SMILES string of the molecule is [O-]N1NCCS1. The Labute approximate surface area is 40.4 Å². The molecule has 0 aliphatic carbocycles. The molecule has 3 nitrogen and oxygen atoms in total. The Balaban J connectivity index is 2.18. The van der Waals surface area contributed by atoms with Crippen molar-refractivity contribution in [2.45, 2.75) is 0 Å². The number of rotatable bonds is 0. The maximum atomic E-state index is 10.0. The van der Waals surface area contributed by atoms with Gasteiger partial charge in [-0.25, -0.2) is 0 Å². The average Bonchev–Trinajstić information content (AvgIpc) is 1.86. The lowest BCUT2D eigenvalue weighted by Crippen LogP contribution is -2.18. The van der Waals surface area contributed by atoms with Crippen molar-refractivity contribution >= 4 is 11.9 Å². The van der Waals surface area contributed by atoms with Gasteiger partial charge in [0.15, 0.2) is 0 Å². The Morgan fingerprint density at radius 2 is 2.67 bits per heavy atom. The molecule has 0 radical (unpaired) electrons. The van der Waals surface area contributed by atoms with E-state index < -0.39 is 0 Å². The summed E-state index contributed by atoms with van der Waals surface area (Å²) in [5.74, 6) is 0.906. The van der Waals surface area contributed by atoms with Crippen molar-refractivity contribution in [2.24, 2.45) is 0 Å². The van der Waals surface area contributed by atoms with Gasteiger partial charge in [-0.3, -0.25) is 10.0 Å². The van der Waals surface area contributed by atoms with E-state index in [1.165, 1.54) is 11.9 Å². The summed E-state index contributed by atoms with van der Waals surface area (Å²) in [6.07, 6.45) is 0. The Hall–Kier alpha value is 0.230. The summed E-state index contributed by atoms with van der Waals surface area (Å²) in [6, 6.07) is 0. The molecule has 1 N–H and O–H groups in total. The number of hydrogen-bond donors (Lipinski definition) is 1. The first kappa shape index (κ1) is 4.39. The van der Waals surface area contributed by atoms with Crippen LogP contribution in [0.5, 0.6) is 0 Å². The third kappa shape index (κ3) is 0.844. The van der Waals surface area contributed by atoms with Crippen LogP contribution < -0.4 is 5.43 Å². The van der Waals surface area contributed by atoms with Gasteiger partial charge in [-0.1, -0.05) is 11.9 Å². The van der Waals surface area contributed by atoms with Crippen LogP contribution in [0.2, 0.25) is 0 Å². The van der Waals surface area contributed by atoms with Crippen LogP contribution in [-0.4, -0.2) is 16.9 Å². The molecule has 1 saturated heterocycles. The quantitative estimate of drug-likeness (QED) is 0.438. The number of hydrogen-bond acceptors (Lipinski definition) is 4. The van der Waals surface area contributed by atoms with Crippen LogP contribution in [0.4, 0.5) is 0 Å². The van der Waals surface area contributed by atoms with Gasteiger partial charge in [0.2, 0.25) is 0 Å². The van der Waals surface area contributed by atoms with Gasteiger partial charge in [0.05, 0.1) is 0 Å². The van der Waals surface area contributed by atoms with Crippen LogP contribution in [0.25, 0.3) is 0 Å². The molecule has 0 atom stereocenters.